The highest BCUT2D eigenvalue weighted by atomic mass is 16.2. The number of carbonyl (C=O) groups excluding carboxylic acids is 1. The SMILES string of the molecule is CCCn1cc(C(=O)N2CCCC(c3[nH]ncc3-c3ccccc3)C2)c(C)n1. The van der Waals surface area contributed by atoms with Crippen LogP contribution in [0, 0.1) is 6.92 Å². The van der Waals surface area contributed by atoms with E-state index in [1.54, 1.807) is 0 Å². The van der Waals surface area contributed by atoms with Crippen molar-refractivity contribution < 1.29 is 4.79 Å². The fourth-order valence-electron chi connectivity index (χ4n) is 4.09. The molecular formula is C22H27N5O. The molecule has 0 aliphatic carbocycles. The van der Waals surface area contributed by atoms with Gasteiger partial charge in [-0.15, -0.1) is 0 Å². The molecule has 1 saturated heterocycles. The molecule has 28 heavy (non-hydrogen) atoms. The average Bonchev–Trinajstić information content (AvgIpc) is 3.35. The number of piperidine rings is 1. The van der Waals surface area contributed by atoms with Gasteiger partial charge in [0.05, 0.1) is 17.5 Å². The Kier molecular flexibility index (Phi) is 5.28. The minimum atomic E-state index is 0.0883. The number of likely N-dealkylation sites (tertiary alicyclic amines) is 1. The summed E-state index contributed by atoms with van der Waals surface area (Å²) in [6.07, 6.45) is 6.84. The second-order valence-corrected chi connectivity index (χ2v) is 7.54. The Morgan fingerprint density at radius 1 is 1.29 bits per heavy atom. The molecule has 1 amide bonds. The van der Waals surface area contributed by atoms with E-state index in [0.717, 1.165) is 60.4 Å². The van der Waals surface area contributed by atoms with Gasteiger partial charge in [0.2, 0.25) is 0 Å². The first kappa shape index (κ1) is 18.5. The van der Waals surface area contributed by atoms with Gasteiger partial charge in [0.1, 0.15) is 0 Å². The van der Waals surface area contributed by atoms with Crippen molar-refractivity contribution in [2.24, 2.45) is 0 Å². The van der Waals surface area contributed by atoms with Crippen LogP contribution in [0.3, 0.4) is 0 Å². The maximum atomic E-state index is 13.2. The number of carbonyl (C=O) groups is 1. The zero-order chi connectivity index (χ0) is 19.5. The molecule has 2 aromatic heterocycles. The lowest BCUT2D eigenvalue weighted by Gasteiger charge is -2.32. The van der Waals surface area contributed by atoms with Gasteiger partial charge in [-0.05, 0) is 31.7 Å². The van der Waals surface area contributed by atoms with Gasteiger partial charge in [0, 0.05) is 43.0 Å². The Bertz CT molecular complexity index is 943. The number of nitrogens with zero attached hydrogens (tertiary/aromatic N) is 4. The summed E-state index contributed by atoms with van der Waals surface area (Å²) >= 11 is 0. The first-order valence-electron chi connectivity index (χ1n) is 10.1. The Hall–Kier alpha value is -2.89. The number of nitrogens with one attached hydrogen (secondary N) is 1. The van der Waals surface area contributed by atoms with E-state index >= 15 is 0 Å². The molecule has 1 aliphatic heterocycles. The van der Waals surface area contributed by atoms with Crippen LogP contribution in [0.25, 0.3) is 11.1 Å². The molecule has 3 aromatic rings. The van der Waals surface area contributed by atoms with Crippen molar-refractivity contribution in [1.82, 2.24) is 24.9 Å². The molecule has 4 rings (SSSR count). The van der Waals surface area contributed by atoms with E-state index < -0.39 is 0 Å². The van der Waals surface area contributed by atoms with E-state index in [1.807, 2.05) is 47.1 Å². The third-order valence-corrected chi connectivity index (χ3v) is 5.50. The molecule has 0 bridgehead atoms. The number of H-pyrrole nitrogens is 1. The smallest absolute Gasteiger partial charge is 0.257 e. The number of benzene rings is 1. The van der Waals surface area contributed by atoms with Crippen molar-refractivity contribution in [3.05, 3.63) is 59.7 Å². The third kappa shape index (κ3) is 3.59. The van der Waals surface area contributed by atoms with Gasteiger partial charge in [0.15, 0.2) is 0 Å². The maximum absolute atomic E-state index is 13.2. The van der Waals surface area contributed by atoms with E-state index in [4.69, 9.17) is 0 Å². The van der Waals surface area contributed by atoms with E-state index in [1.165, 1.54) is 0 Å². The summed E-state index contributed by atoms with van der Waals surface area (Å²) in [7, 11) is 0. The summed E-state index contributed by atoms with van der Waals surface area (Å²) in [5, 5.41) is 12.0. The van der Waals surface area contributed by atoms with Gasteiger partial charge >= 0.3 is 0 Å². The molecule has 1 N–H and O–H groups in total. The lowest BCUT2D eigenvalue weighted by Crippen LogP contribution is -2.39. The first-order valence-corrected chi connectivity index (χ1v) is 10.1. The van der Waals surface area contributed by atoms with Crippen LogP contribution in [0.5, 0.6) is 0 Å². The van der Waals surface area contributed by atoms with E-state index in [9.17, 15) is 4.79 Å². The predicted octanol–water partition coefficient (Wildman–Crippen LogP) is 4.01. The number of hydrogen-bond acceptors (Lipinski definition) is 3. The largest absolute Gasteiger partial charge is 0.338 e. The number of aromatic nitrogens is 4. The molecule has 6 nitrogen and oxygen atoms in total. The van der Waals surface area contributed by atoms with E-state index in [0.29, 0.717) is 6.54 Å². The predicted molar refractivity (Wildman–Crippen MR) is 109 cm³/mol. The monoisotopic (exact) mass is 377 g/mol. The van der Waals surface area contributed by atoms with E-state index in [-0.39, 0.29) is 11.8 Å². The molecule has 0 radical (unpaired) electrons. The highest BCUT2D eigenvalue weighted by molar-refractivity contribution is 5.95. The fraction of sp³-hybridized carbons (Fsp3) is 0.409. The highest BCUT2D eigenvalue weighted by Gasteiger charge is 2.29. The van der Waals surface area contributed by atoms with Crippen LogP contribution >= 0.6 is 0 Å². The molecule has 146 valence electrons. The van der Waals surface area contributed by atoms with Gasteiger partial charge in [-0.3, -0.25) is 14.6 Å². The number of aromatic amines is 1. The van der Waals surface area contributed by atoms with Crippen LogP contribution in [-0.2, 0) is 6.54 Å². The van der Waals surface area contributed by atoms with Crippen molar-refractivity contribution >= 4 is 5.91 Å². The fourth-order valence-corrected chi connectivity index (χ4v) is 4.09. The minimum Gasteiger partial charge on any atom is -0.338 e. The molecule has 6 heteroatoms. The summed E-state index contributed by atoms with van der Waals surface area (Å²) in [5.41, 5.74) is 4.95. The molecule has 1 unspecified atom stereocenters. The molecule has 1 atom stereocenters. The molecule has 1 aliphatic rings. The van der Waals surface area contributed by atoms with Crippen LogP contribution in [0.2, 0.25) is 0 Å². The Morgan fingerprint density at radius 2 is 2.11 bits per heavy atom. The summed E-state index contributed by atoms with van der Waals surface area (Å²) < 4.78 is 1.88. The van der Waals surface area contributed by atoms with Crippen LogP contribution in [0.15, 0.2) is 42.7 Å². The molecule has 0 spiro atoms. The Morgan fingerprint density at radius 3 is 2.89 bits per heavy atom. The van der Waals surface area contributed by atoms with Gasteiger partial charge in [-0.1, -0.05) is 37.3 Å². The highest BCUT2D eigenvalue weighted by Crippen LogP contribution is 2.33. The summed E-state index contributed by atoms with van der Waals surface area (Å²) in [5.74, 6) is 0.353. The van der Waals surface area contributed by atoms with Crippen molar-refractivity contribution in [3.8, 4) is 11.1 Å². The number of aryl methyl sites for hydroxylation is 2. The standard InChI is InChI=1S/C22H27N5O/c1-3-11-27-15-20(16(2)25-27)22(28)26-12-7-10-18(14-26)21-19(13-23-24-21)17-8-5-4-6-9-17/h4-6,8-9,13,15,18H,3,7,10-12,14H2,1-2H3,(H,23,24). The van der Waals surface area contributed by atoms with Gasteiger partial charge in [-0.2, -0.15) is 10.2 Å². The van der Waals surface area contributed by atoms with Crippen LogP contribution in [-0.4, -0.2) is 43.9 Å². The Balaban J connectivity index is 1.54. The average molecular weight is 377 g/mol. The summed E-state index contributed by atoms with van der Waals surface area (Å²) in [6, 6.07) is 10.3. The Labute approximate surface area is 165 Å². The lowest BCUT2D eigenvalue weighted by atomic mass is 9.90. The second-order valence-electron chi connectivity index (χ2n) is 7.54. The van der Waals surface area contributed by atoms with Crippen molar-refractivity contribution in [3.63, 3.8) is 0 Å². The molecule has 0 saturated carbocycles. The first-order chi connectivity index (χ1) is 13.7. The molecular weight excluding hydrogens is 350 g/mol. The minimum absolute atomic E-state index is 0.0883. The zero-order valence-corrected chi connectivity index (χ0v) is 16.6. The lowest BCUT2D eigenvalue weighted by molar-refractivity contribution is 0.0705. The van der Waals surface area contributed by atoms with Crippen molar-refractivity contribution in [1.29, 1.82) is 0 Å². The molecule has 1 fully saturated rings. The topological polar surface area (TPSA) is 66.8 Å². The van der Waals surface area contributed by atoms with Gasteiger partial charge in [-0.25, -0.2) is 0 Å². The number of hydrogen-bond donors (Lipinski definition) is 1. The second kappa shape index (κ2) is 8.00. The quantitative estimate of drug-likeness (QED) is 0.730. The van der Waals surface area contributed by atoms with Gasteiger partial charge < -0.3 is 4.90 Å². The molecule has 3 heterocycles. The molecule has 1 aromatic carbocycles. The van der Waals surface area contributed by atoms with Crippen molar-refractivity contribution in [2.75, 3.05) is 13.1 Å². The van der Waals surface area contributed by atoms with E-state index in [2.05, 4.69) is 34.4 Å². The van der Waals surface area contributed by atoms with Crippen LogP contribution in [0.1, 0.15) is 53.8 Å². The number of rotatable bonds is 5. The van der Waals surface area contributed by atoms with Gasteiger partial charge in [0.25, 0.3) is 5.91 Å². The normalized spacial score (nSPS) is 17.1. The third-order valence-electron chi connectivity index (χ3n) is 5.50. The van der Waals surface area contributed by atoms with Crippen molar-refractivity contribution in [2.45, 2.75) is 45.6 Å². The van der Waals surface area contributed by atoms with Crippen LogP contribution < -0.4 is 0 Å². The summed E-state index contributed by atoms with van der Waals surface area (Å²) in [4.78, 5) is 15.1. The van der Waals surface area contributed by atoms with Crippen LogP contribution in [0.4, 0.5) is 0 Å². The zero-order valence-electron chi connectivity index (χ0n) is 16.6. The summed E-state index contributed by atoms with van der Waals surface area (Å²) in [6.45, 7) is 6.37. The maximum Gasteiger partial charge on any atom is 0.257 e. The number of amides is 1.